The fraction of sp³-hybridized carbons (Fsp3) is 0.333. The van der Waals surface area contributed by atoms with Gasteiger partial charge in [-0.25, -0.2) is 0 Å². The van der Waals surface area contributed by atoms with Gasteiger partial charge in [-0.1, -0.05) is 66.2 Å². The number of benzene rings is 3. The number of halogens is 1. The summed E-state index contributed by atoms with van der Waals surface area (Å²) in [6.07, 6.45) is -2.73. The van der Waals surface area contributed by atoms with Gasteiger partial charge in [0.15, 0.2) is 0 Å². The molecule has 4 rings (SSSR count). The van der Waals surface area contributed by atoms with Crippen molar-refractivity contribution >= 4 is 11.6 Å². The Kier molecular flexibility index (Phi) is 7.68. The van der Waals surface area contributed by atoms with E-state index in [4.69, 9.17) is 16.3 Å². The second kappa shape index (κ2) is 10.7. The van der Waals surface area contributed by atoms with Crippen LogP contribution < -0.4 is 4.74 Å². The molecule has 3 N–H and O–H groups in total. The lowest BCUT2D eigenvalue weighted by molar-refractivity contribution is -0.140. The monoisotopic (exact) mass is 467 g/mol. The highest BCUT2D eigenvalue weighted by atomic mass is 35.5. The molecule has 1 aliphatic rings. The van der Waals surface area contributed by atoms with Crippen molar-refractivity contribution in [3.8, 4) is 5.75 Å². The highest BCUT2D eigenvalue weighted by Crippen LogP contribution is 2.35. The van der Waals surface area contributed by atoms with Crippen molar-refractivity contribution in [2.45, 2.75) is 44.2 Å². The van der Waals surface area contributed by atoms with Crippen LogP contribution in [0, 0.1) is 0 Å². The van der Waals surface area contributed by atoms with E-state index < -0.39 is 24.4 Å². The molecule has 0 aromatic heterocycles. The molecule has 0 amide bonds. The molecule has 0 radical (unpaired) electrons. The van der Waals surface area contributed by atoms with Gasteiger partial charge in [0, 0.05) is 18.1 Å². The van der Waals surface area contributed by atoms with Crippen molar-refractivity contribution < 1.29 is 20.1 Å². The summed E-state index contributed by atoms with van der Waals surface area (Å²) in [5.41, 5.74) is 3.96. The van der Waals surface area contributed by atoms with Crippen molar-refractivity contribution in [3.63, 3.8) is 0 Å². The summed E-state index contributed by atoms with van der Waals surface area (Å²) in [7, 11) is 0. The molecule has 5 nitrogen and oxygen atoms in total. The topological polar surface area (TPSA) is 73.2 Å². The van der Waals surface area contributed by atoms with Gasteiger partial charge in [0.1, 0.15) is 18.0 Å². The minimum absolute atomic E-state index is 0.259. The first-order chi connectivity index (χ1) is 16.0. The van der Waals surface area contributed by atoms with Crippen molar-refractivity contribution in [1.82, 2.24) is 4.90 Å². The zero-order chi connectivity index (χ0) is 23.4. The molecule has 3 aromatic carbocycles. The van der Waals surface area contributed by atoms with Gasteiger partial charge in [0.25, 0.3) is 0 Å². The largest absolute Gasteiger partial charge is 0.494 e. The summed E-state index contributed by atoms with van der Waals surface area (Å²) >= 11 is 6.53. The number of piperidine rings is 1. The predicted molar refractivity (Wildman–Crippen MR) is 129 cm³/mol. The molecular weight excluding hydrogens is 438 g/mol. The van der Waals surface area contributed by atoms with Crippen LogP contribution in [-0.4, -0.2) is 51.7 Å². The van der Waals surface area contributed by atoms with Gasteiger partial charge in [-0.2, -0.15) is 0 Å². The van der Waals surface area contributed by atoms with E-state index in [-0.39, 0.29) is 6.54 Å². The van der Waals surface area contributed by atoms with Gasteiger partial charge < -0.3 is 20.1 Å². The van der Waals surface area contributed by atoms with E-state index in [2.05, 4.69) is 0 Å². The Hall–Kier alpha value is -2.41. The van der Waals surface area contributed by atoms with Crippen molar-refractivity contribution in [3.05, 3.63) is 100 Å². The van der Waals surface area contributed by atoms with Gasteiger partial charge in [-0.05, 0) is 53.8 Å². The lowest BCUT2D eigenvalue weighted by Gasteiger charge is -2.44. The summed E-state index contributed by atoms with van der Waals surface area (Å²) in [5, 5.41) is 32.3. The minimum Gasteiger partial charge on any atom is -0.494 e. The number of β-amino-alcohol motifs (C(OH)–C–C–N with tert-alkyl or cyclic N) is 1. The third kappa shape index (κ3) is 5.57. The lowest BCUT2D eigenvalue weighted by atomic mass is 9.87. The Morgan fingerprint density at radius 3 is 2.33 bits per heavy atom. The summed E-state index contributed by atoms with van der Waals surface area (Å²) in [5.74, 6) is 0.829. The molecule has 4 unspecified atom stereocenters. The molecule has 0 bridgehead atoms. The first kappa shape index (κ1) is 23.7. The first-order valence-electron chi connectivity index (χ1n) is 11.3. The molecule has 1 saturated heterocycles. The fourth-order valence-corrected chi connectivity index (χ4v) is 4.67. The number of hydrogen-bond acceptors (Lipinski definition) is 5. The number of hydrogen-bond donors (Lipinski definition) is 3. The third-order valence-electron chi connectivity index (χ3n) is 6.15. The SMILES string of the molecule is CCOc1ccc(Cc2cc(C3C(O)C(O)C(O)CN3Cc3ccccc3)ccc2Cl)cc1. The third-order valence-corrected chi connectivity index (χ3v) is 6.52. The van der Waals surface area contributed by atoms with Crippen LogP contribution in [0.15, 0.2) is 72.8 Å². The molecule has 0 saturated carbocycles. The molecule has 0 aliphatic carbocycles. The van der Waals surface area contributed by atoms with E-state index in [1.807, 2.05) is 84.6 Å². The molecule has 33 heavy (non-hydrogen) atoms. The molecule has 174 valence electrons. The van der Waals surface area contributed by atoms with E-state index in [1.165, 1.54) is 0 Å². The Labute approximate surface area is 199 Å². The predicted octanol–water partition coefficient (Wildman–Crippen LogP) is 3.97. The summed E-state index contributed by atoms with van der Waals surface area (Å²) < 4.78 is 5.52. The average molecular weight is 468 g/mol. The second-order valence-electron chi connectivity index (χ2n) is 8.51. The van der Waals surface area contributed by atoms with Gasteiger partial charge >= 0.3 is 0 Å². The second-order valence-corrected chi connectivity index (χ2v) is 8.92. The highest BCUT2D eigenvalue weighted by Gasteiger charge is 2.42. The zero-order valence-electron chi connectivity index (χ0n) is 18.6. The molecule has 0 spiro atoms. The summed E-state index contributed by atoms with van der Waals surface area (Å²) in [4.78, 5) is 2.02. The van der Waals surface area contributed by atoms with E-state index >= 15 is 0 Å². The molecule has 1 aliphatic heterocycles. The standard InChI is InChI=1S/C27H30ClNO4/c1-2-33-22-11-8-18(9-12-22)14-21-15-20(10-13-23(21)28)25-27(32)26(31)24(30)17-29(25)16-19-6-4-3-5-7-19/h3-13,15,24-27,30-32H,2,14,16-17H2,1H3. The fourth-order valence-electron chi connectivity index (χ4n) is 4.49. The lowest BCUT2D eigenvalue weighted by Crippen LogP contribution is -2.56. The Morgan fingerprint density at radius 1 is 0.909 bits per heavy atom. The van der Waals surface area contributed by atoms with Crippen LogP contribution in [-0.2, 0) is 13.0 Å². The number of aliphatic hydroxyl groups excluding tert-OH is 3. The Balaban J connectivity index is 1.62. The molecule has 1 heterocycles. The Bertz CT molecular complexity index is 1040. The first-order valence-corrected chi connectivity index (χ1v) is 11.7. The average Bonchev–Trinajstić information content (AvgIpc) is 2.82. The Morgan fingerprint density at radius 2 is 1.64 bits per heavy atom. The molecular formula is C27H30ClNO4. The summed E-state index contributed by atoms with van der Waals surface area (Å²) in [6, 6.07) is 23.1. The van der Waals surface area contributed by atoms with E-state index in [1.54, 1.807) is 0 Å². The maximum absolute atomic E-state index is 10.9. The van der Waals surface area contributed by atoms with E-state index in [9.17, 15) is 15.3 Å². The van der Waals surface area contributed by atoms with E-state index in [0.29, 0.717) is 24.6 Å². The maximum atomic E-state index is 10.9. The van der Waals surface area contributed by atoms with Crippen LogP contribution in [0.25, 0.3) is 0 Å². The number of ether oxygens (including phenoxy) is 1. The number of likely N-dealkylation sites (tertiary alicyclic amines) is 1. The molecule has 4 atom stereocenters. The number of aliphatic hydroxyl groups is 3. The van der Waals surface area contributed by atoms with Crippen molar-refractivity contribution in [2.24, 2.45) is 0 Å². The maximum Gasteiger partial charge on any atom is 0.119 e. The minimum atomic E-state index is -1.22. The highest BCUT2D eigenvalue weighted by molar-refractivity contribution is 6.31. The van der Waals surface area contributed by atoms with Gasteiger partial charge in [0.05, 0.1) is 18.8 Å². The van der Waals surface area contributed by atoms with Crippen LogP contribution >= 0.6 is 11.6 Å². The van der Waals surface area contributed by atoms with Crippen molar-refractivity contribution in [1.29, 1.82) is 0 Å². The van der Waals surface area contributed by atoms with Crippen LogP contribution in [0.3, 0.4) is 0 Å². The van der Waals surface area contributed by atoms with Gasteiger partial charge in [-0.3, -0.25) is 4.90 Å². The zero-order valence-corrected chi connectivity index (χ0v) is 19.4. The van der Waals surface area contributed by atoms with Crippen LogP contribution in [0.5, 0.6) is 5.75 Å². The van der Waals surface area contributed by atoms with Gasteiger partial charge in [0.2, 0.25) is 0 Å². The number of rotatable bonds is 7. The normalized spacial score (nSPS) is 23.4. The smallest absolute Gasteiger partial charge is 0.119 e. The van der Waals surface area contributed by atoms with Crippen LogP contribution in [0.2, 0.25) is 5.02 Å². The van der Waals surface area contributed by atoms with Crippen molar-refractivity contribution in [2.75, 3.05) is 13.2 Å². The molecule has 1 fully saturated rings. The quantitative estimate of drug-likeness (QED) is 0.490. The molecule has 3 aromatic rings. The van der Waals surface area contributed by atoms with E-state index in [0.717, 1.165) is 28.0 Å². The summed E-state index contributed by atoms with van der Waals surface area (Å²) in [6.45, 7) is 3.38. The number of nitrogens with zero attached hydrogens (tertiary/aromatic N) is 1. The van der Waals surface area contributed by atoms with Crippen LogP contribution in [0.1, 0.15) is 35.2 Å². The van der Waals surface area contributed by atoms with Gasteiger partial charge in [-0.15, -0.1) is 0 Å². The molecule has 6 heteroatoms. The van der Waals surface area contributed by atoms with Crippen LogP contribution in [0.4, 0.5) is 0 Å².